The molecule has 0 amide bonds. The average Bonchev–Trinajstić information content (AvgIpc) is 3.08. The predicted octanol–water partition coefficient (Wildman–Crippen LogP) is 3.45. The number of rotatable bonds is 8. The van der Waals surface area contributed by atoms with E-state index in [9.17, 15) is 5.11 Å². The van der Waals surface area contributed by atoms with Crippen molar-refractivity contribution in [3.63, 3.8) is 0 Å². The summed E-state index contributed by atoms with van der Waals surface area (Å²) in [6.45, 7) is 8.09. The van der Waals surface area contributed by atoms with Gasteiger partial charge in [-0.25, -0.2) is 0 Å². The predicted molar refractivity (Wildman–Crippen MR) is 98.9 cm³/mol. The van der Waals surface area contributed by atoms with Crippen LogP contribution in [0.4, 0.5) is 0 Å². The van der Waals surface area contributed by atoms with Crippen molar-refractivity contribution in [3.05, 3.63) is 42.5 Å². The lowest BCUT2D eigenvalue weighted by atomic mass is 9.96. The van der Waals surface area contributed by atoms with E-state index in [1.54, 1.807) is 13.2 Å². The largest absolute Gasteiger partial charge is 0.497 e. The van der Waals surface area contributed by atoms with Crippen molar-refractivity contribution in [1.29, 1.82) is 0 Å². The molecule has 2 aliphatic rings. The average molecular weight is 362 g/mol. The van der Waals surface area contributed by atoms with Crippen LogP contribution in [0, 0.1) is 5.92 Å². The molecule has 26 heavy (non-hydrogen) atoms. The molecule has 0 radical (unpaired) electrons. The molecule has 1 aromatic rings. The minimum atomic E-state index is -0.612. The highest BCUT2D eigenvalue weighted by atomic mass is 16.8. The van der Waals surface area contributed by atoms with Crippen LogP contribution in [0.5, 0.6) is 5.75 Å². The molecule has 5 atom stereocenters. The third-order valence-electron chi connectivity index (χ3n) is 5.17. The van der Waals surface area contributed by atoms with E-state index in [0.29, 0.717) is 19.4 Å². The molecule has 5 nitrogen and oxygen atoms in total. The summed E-state index contributed by atoms with van der Waals surface area (Å²) in [6, 6.07) is 7.88. The van der Waals surface area contributed by atoms with Gasteiger partial charge in [-0.2, -0.15) is 0 Å². The molecule has 2 fully saturated rings. The monoisotopic (exact) mass is 362 g/mol. The molecule has 1 saturated heterocycles. The van der Waals surface area contributed by atoms with Crippen molar-refractivity contribution < 1.29 is 24.1 Å². The van der Waals surface area contributed by atoms with Crippen LogP contribution >= 0.6 is 0 Å². The standard InChI is InChI=1S/C21H30O5/c1-5-6-16(22)11-15-12-18(20-19(15)25-21(2,3)26-20)24-13-14-7-9-17(23-4)10-8-14/h5,7-10,15-16,18-20,22H,1,6,11-13H2,2-4H3/t15-,16+,18-,19+,20-/m0/s1. The van der Waals surface area contributed by atoms with Crippen LogP contribution in [0.3, 0.4) is 0 Å². The Morgan fingerprint density at radius 3 is 2.62 bits per heavy atom. The van der Waals surface area contributed by atoms with E-state index in [-0.39, 0.29) is 24.2 Å². The van der Waals surface area contributed by atoms with Gasteiger partial charge >= 0.3 is 0 Å². The normalized spacial score (nSPS) is 30.8. The van der Waals surface area contributed by atoms with E-state index >= 15 is 0 Å². The first-order valence-electron chi connectivity index (χ1n) is 9.31. The zero-order chi connectivity index (χ0) is 18.7. The molecule has 1 aliphatic carbocycles. The van der Waals surface area contributed by atoms with Crippen LogP contribution < -0.4 is 4.74 Å². The molecular weight excluding hydrogens is 332 g/mol. The van der Waals surface area contributed by atoms with Crippen LogP contribution in [0.15, 0.2) is 36.9 Å². The molecule has 0 spiro atoms. The molecule has 5 heteroatoms. The van der Waals surface area contributed by atoms with Gasteiger partial charge in [0, 0.05) is 0 Å². The van der Waals surface area contributed by atoms with Gasteiger partial charge in [0.15, 0.2) is 5.79 Å². The summed E-state index contributed by atoms with van der Waals surface area (Å²) >= 11 is 0. The first kappa shape index (κ1) is 19.4. The van der Waals surface area contributed by atoms with Crippen molar-refractivity contribution in [2.75, 3.05) is 7.11 Å². The molecule has 3 rings (SSSR count). The van der Waals surface area contributed by atoms with E-state index in [2.05, 4.69) is 6.58 Å². The van der Waals surface area contributed by atoms with Crippen LogP contribution in [-0.4, -0.2) is 42.4 Å². The van der Waals surface area contributed by atoms with E-state index < -0.39 is 11.9 Å². The minimum absolute atomic E-state index is 0.0367. The van der Waals surface area contributed by atoms with Gasteiger partial charge in [0.1, 0.15) is 11.9 Å². The van der Waals surface area contributed by atoms with Crippen LogP contribution in [-0.2, 0) is 20.8 Å². The molecule has 1 aliphatic heterocycles. The second-order valence-electron chi connectivity index (χ2n) is 7.67. The fraction of sp³-hybridized carbons (Fsp3) is 0.619. The summed E-state index contributed by atoms with van der Waals surface area (Å²) in [4.78, 5) is 0. The summed E-state index contributed by atoms with van der Waals surface area (Å²) in [5.74, 6) is 0.442. The number of ether oxygens (including phenoxy) is 4. The highest BCUT2D eigenvalue weighted by Gasteiger charge is 2.54. The fourth-order valence-corrected chi connectivity index (χ4v) is 3.99. The number of fused-ring (bicyclic) bond motifs is 1. The van der Waals surface area contributed by atoms with E-state index in [1.807, 2.05) is 38.1 Å². The molecular formula is C21H30O5. The van der Waals surface area contributed by atoms with Crippen LogP contribution in [0.25, 0.3) is 0 Å². The molecule has 0 unspecified atom stereocenters. The van der Waals surface area contributed by atoms with Crippen LogP contribution in [0.2, 0.25) is 0 Å². The third kappa shape index (κ3) is 4.46. The Kier molecular flexibility index (Phi) is 6.03. The summed E-state index contributed by atoms with van der Waals surface area (Å²) in [5, 5.41) is 10.2. The van der Waals surface area contributed by atoms with E-state index in [4.69, 9.17) is 18.9 Å². The number of hydrogen-bond donors (Lipinski definition) is 1. The highest BCUT2D eigenvalue weighted by Crippen LogP contribution is 2.44. The molecule has 0 bridgehead atoms. The third-order valence-corrected chi connectivity index (χ3v) is 5.17. The number of aliphatic hydroxyl groups is 1. The SMILES string of the molecule is C=CC[C@@H](O)C[C@H]1C[C@H](OCc2ccc(OC)cc2)[C@@H]2OC(C)(C)O[C@H]12. The van der Waals surface area contributed by atoms with Gasteiger partial charge in [-0.05, 0) is 56.7 Å². The summed E-state index contributed by atoms with van der Waals surface area (Å²) in [6.07, 6.45) is 3.29. The second-order valence-corrected chi connectivity index (χ2v) is 7.67. The van der Waals surface area contributed by atoms with Crippen molar-refractivity contribution in [2.45, 2.75) is 69.9 Å². The maximum absolute atomic E-state index is 10.2. The van der Waals surface area contributed by atoms with E-state index in [1.165, 1.54) is 0 Å². The Bertz CT molecular complexity index is 597. The molecule has 1 saturated carbocycles. The highest BCUT2D eigenvalue weighted by molar-refractivity contribution is 5.26. The van der Waals surface area contributed by atoms with Crippen molar-refractivity contribution in [2.24, 2.45) is 5.92 Å². The second kappa shape index (κ2) is 8.09. The van der Waals surface area contributed by atoms with Crippen molar-refractivity contribution >= 4 is 0 Å². The van der Waals surface area contributed by atoms with Gasteiger partial charge in [0.2, 0.25) is 0 Å². The lowest BCUT2D eigenvalue weighted by Gasteiger charge is -2.24. The first-order chi connectivity index (χ1) is 12.4. The summed E-state index contributed by atoms with van der Waals surface area (Å²) in [5.41, 5.74) is 1.09. The Morgan fingerprint density at radius 2 is 1.96 bits per heavy atom. The lowest BCUT2D eigenvalue weighted by Crippen LogP contribution is -2.30. The topological polar surface area (TPSA) is 57.2 Å². The quantitative estimate of drug-likeness (QED) is 0.718. The Morgan fingerprint density at radius 1 is 1.27 bits per heavy atom. The van der Waals surface area contributed by atoms with Crippen molar-refractivity contribution in [1.82, 2.24) is 0 Å². The van der Waals surface area contributed by atoms with Gasteiger partial charge in [-0.1, -0.05) is 18.2 Å². The zero-order valence-electron chi connectivity index (χ0n) is 15.9. The van der Waals surface area contributed by atoms with Gasteiger partial charge in [-0.3, -0.25) is 0 Å². The van der Waals surface area contributed by atoms with Crippen LogP contribution in [0.1, 0.15) is 38.7 Å². The molecule has 1 aromatic carbocycles. The minimum Gasteiger partial charge on any atom is -0.497 e. The smallest absolute Gasteiger partial charge is 0.163 e. The van der Waals surface area contributed by atoms with Gasteiger partial charge in [-0.15, -0.1) is 6.58 Å². The van der Waals surface area contributed by atoms with Gasteiger partial charge in [0.05, 0.1) is 32.0 Å². The summed E-state index contributed by atoms with van der Waals surface area (Å²) in [7, 11) is 1.66. The van der Waals surface area contributed by atoms with Crippen molar-refractivity contribution in [3.8, 4) is 5.75 Å². The molecule has 1 heterocycles. The van der Waals surface area contributed by atoms with Gasteiger partial charge in [0.25, 0.3) is 0 Å². The molecule has 0 aromatic heterocycles. The maximum atomic E-state index is 10.2. The number of methoxy groups -OCH3 is 1. The Labute approximate surface area is 155 Å². The number of hydrogen-bond acceptors (Lipinski definition) is 5. The van der Waals surface area contributed by atoms with E-state index in [0.717, 1.165) is 17.7 Å². The summed E-state index contributed by atoms with van der Waals surface area (Å²) < 4.78 is 23.6. The fourth-order valence-electron chi connectivity index (χ4n) is 3.99. The lowest BCUT2D eigenvalue weighted by molar-refractivity contribution is -0.173. The Balaban J connectivity index is 1.63. The molecule has 1 N–H and O–H groups in total. The zero-order valence-corrected chi connectivity index (χ0v) is 15.9. The van der Waals surface area contributed by atoms with Gasteiger partial charge < -0.3 is 24.1 Å². The first-order valence-corrected chi connectivity index (χ1v) is 9.31. The molecule has 144 valence electrons. The number of benzene rings is 1. The number of aliphatic hydroxyl groups excluding tert-OH is 1. The Hall–Kier alpha value is -1.40. The maximum Gasteiger partial charge on any atom is 0.163 e.